The number of aromatic nitrogens is 2. The minimum absolute atomic E-state index is 0.118. The van der Waals surface area contributed by atoms with Crippen LogP contribution in [0.1, 0.15) is 12.8 Å². The van der Waals surface area contributed by atoms with Crippen LogP contribution in [0, 0.1) is 0 Å². The standard InChI is InChI=1S/C8H14N4O3S/c1-6-5-16(13,14)3-2-12(6)8-11-10-7(4-9)15-8/h6H,2-5,9H2,1H3. The zero-order valence-electron chi connectivity index (χ0n) is 8.96. The number of sulfone groups is 1. The predicted molar refractivity (Wildman–Crippen MR) is 57.7 cm³/mol. The topological polar surface area (TPSA) is 102 Å². The van der Waals surface area contributed by atoms with Crippen LogP contribution in [0.4, 0.5) is 6.01 Å². The van der Waals surface area contributed by atoms with E-state index in [0.717, 1.165) is 0 Å². The van der Waals surface area contributed by atoms with E-state index in [9.17, 15) is 8.42 Å². The third-order valence-electron chi connectivity index (χ3n) is 2.55. The molecule has 1 aliphatic rings. The number of nitrogens with zero attached hydrogens (tertiary/aromatic N) is 3. The molecule has 0 amide bonds. The van der Waals surface area contributed by atoms with E-state index < -0.39 is 9.84 Å². The zero-order chi connectivity index (χ0) is 11.8. The van der Waals surface area contributed by atoms with Gasteiger partial charge in [0.15, 0.2) is 9.84 Å². The van der Waals surface area contributed by atoms with Crippen molar-refractivity contribution in [2.45, 2.75) is 19.5 Å². The summed E-state index contributed by atoms with van der Waals surface area (Å²) in [5.41, 5.74) is 5.36. The molecule has 2 N–H and O–H groups in total. The second kappa shape index (κ2) is 4.02. The highest BCUT2D eigenvalue weighted by Gasteiger charge is 2.30. The highest BCUT2D eigenvalue weighted by molar-refractivity contribution is 7.91. The fraction of sp³-hybridized carbons (Fsp3) is 0.750. The highest BCUT2D eigenvalue weighted by Crippen LogP contribution is 2.19. The second-order valence-corrected chi connectivity index (χ2v) is 6.07. The average molecular weight is 246 g/mol. The molecule has 16 heavy (non-hydrogen) atoms. The summed E-state index contributed by atoms with van der Waals surface area (Å²) in [7, 11) is -2.93. The zero-order valence-corrected chi connectivity index (χ0v) is 9.77. The molecule has 1 aromatic rings. The maximum Gasteiger partial charge on any atom is 0.318 e. The van der Waals surface area contributed by atoms with Gasteiger partial charge in [-0.2, -0.15) is 0 Å². The van der Waals surface area contributed by atoms with E-state index in [-0.39, 0.29) is 24.1 Å². The summed E-state index contributed by atoms with van der Waals surface area (Å²) in [6, 6.07) is 0.202. The summed E-state index contributed by atoms with van der Waals surface area (Å²) in [6.07, 6.45) is 0. The van der Waals surface area contributed by atoms with E-state index in [0.29, 0.717) is 18.5 Å². The maximum atomic E-state index is 11.4. The fourth-order valence-corrected chi connectivity index (χ4v) is 3.28. The quantitative estimate of drug-likeness (QED) is 0.725. The first-order chi connectivity index (χ1) is 7.52. The summed E-state index contributed by atoms with van der Waals surface area (Å²) in [6.45, 7) is 2.40. The lowest BCUT2D eigenvalue weighted by atomic mass is 10.3. The lowest BCUT2D eigenvalue weighted by molar-refractivity contribution is 0.469. The summed E-state index contributed by atoms with van der Waals surface area (Å²) >= 11 is 0. The van der Waals surface area contributed by atoms with E-state index in [2.05, 4.69) is 10.2 Å². The van der Waals surface area contributed by atoms with Gasteiger partial charge < -0.3 is 15.1 Å². The van der Waals surface area contributed by atoms with E-state index in [1.807, 2.05) is 6.92 Å². The normalized spacial score (nSPS) is 24.6. The van der Waals surface area contributed by atoms with E-state index in [1.54, 1.807) is 4.90 Å². The van der Waals surface area contributed by atoms with Crippen molar-refractivity contribution >= 4 is 15.9 Å². The molecule has 0 bridgehead atoms. The van der Waals surface area contributed by atoms with Gasteiger partial charge in [0.1, 0.15) is 0 Å². The minimum Gasteiger partial charge on any atom is -0.407 e. The van der Waals surface area contributed by atoms with Crippen molar-refractivity contribution in [1.29, 1.82) is 0 Å². The third-order valence-corrected chi connectivity index (χ3v) is 4.34. The minimum atomic E-state index is -2.93. The van der Waals surface area contributed by atoms with E-state index in [1.165, 1.54) is 0 Å². The molecule has 0 spiro atoms. The molecule has 1 unspecified atom stereocenters. The van der Waals surface area contributed by atoms with Gasteiger partial charge >= 0.3 is 6.01 Å². The molecule has 1 atom stereocenters. The average Bonchev–Trinajstić information content (AvgIpc) is 2.64. The van der Waals surface area contributed by atoms with Crippen LogP contribution in [0.2, 0.25) is 0 Å². The van der Waals surface area contributed by atoms with E-state index >= 15 is 0 Å². The summed E-state index contributed by atoms with van der Waals surface area (Å²) in [4.78, 5) is 1.80. The molecule has 8 heteroatoms. The Balaban J connectivity index is 2.17. The Morgan fingerprint density at radius 3 is 2.88 bits per heavy atom. The van der Waals surface area contributed by atoms with Gasteiger partial charge in [-0.05, 0) is 6.92 Å². The molecular weight excluding hydrogens is 232 g/mol. The van der Waals surface area contributed by atoms with Crippen molar-refractivity contribution in [3.63, 3.8) is 0 Å². The molecule has 1 aromatic heterocycles. The molecule has 1 aliphatic heterocycles. The lowest BCUT2D eigenvalue weighted by Gasteiger charge is -2.31. The Morgan fingerprint density at radius 1 is 1.56 bits per heavy atom. The molecule has 1 saturated heterocycles. The summed E-state index contributed by atoms with van der Waals surface area (Å²) < 4.78 is 28.1. The van der Waals surface area contributed by atoms with Crippen molar-refractivity contribution in [3.05, 3.63) is 5.89 Å². The van der Waals surface area contributed by atoms with Crippen molar-refractivity contribution in [2.24, 2.45) is 5.73 Å². The second-order valence-electron chi connectivity index (χ2n) is 3.84. The number of nitrogens with two attached hydrogens (primary N) is 1. The molecule has 0 saturated carbocycles. The van der Waals surface area contributed by atoms with Crippen LogP contribution < -0.4 is 10.6 Å². The number of rotatable bonds is 2. The molecular formula is C8H14N4O3S. The van der Waals surface area contributed by atoms with Gasteiger partial charge in [-0.3, -0.25) is 0 Å². The first kappa shape index (κ1) is 11.3. The first-order valence-electron chi connectivity index (χ1n) is 5.01. The smallest absolute Gasteiger partial charge is 0.318 e. The van der Waals surface area contributed by atoms with Crippen molar-refractivity contribution < 1.29 is 12.8 Å². The van der Waals surface area contributed by atoms with Crippen LogP contribution in [0.3, 0.4) is 0 Å². The summed E-state index contributed by atoms with van der Waals surface area (Å²) in [5.74, 6) is 0.598. The molecule has 1 fully saturated rings. The molecule has 7 nitrogen and oxygen atoms in total. The third kappa shape index (κ3) is 2.17. The van der Waals surface area contributed by atoms with Gasteiger partial charge in [0.2, 0.25) is 5.89 Å². The van der Waals surface area contributed by atoms with Gasteiger partial charge in [0.25, 0.3) is 0 Å². The highest BCUT2D eigenvalue weighted by atomic mass is 32.2. The van der Waals surface area contributed by atoms with Crippen LogP contribution in [0.5, 0.6) is 0 Å². The Hall–Kier alpha value is -1.15. The Morgan fingerprint density at radius 2 is 2.31 bits per heavy atom. The summed E-state index contributed by atoms with van der Waals surface area (Å²) in [5, 5.41) is 7.59. The predicted octanol–water partition coefficient (Wildman–Crippen LogP) is -0.848. The van der Waals surface area contributed by atoms with Crippen molar-refractivity contribution in [2.75, 3.05) is 23.0 Å². The van der Waals surface area contributed by atoms with Gasteiger partial charge in [0.05, 0.1) is 18.1 Å². The number of hydrogen-bond acceptors (Lipinski definition) is 7. The van der Waals surface area contributed by atoms with Crippen LogP contribution in [-0.4, -0.2) is 42.7 Å². The Kier molecular flexibility index (Phi) is 2.85. The monoisotopic (exact) mass is 246 g/mol. The molecule has 0 aliphatic carbocycles. The van der Waals surface area contributed by atoms with Gasteiger partial charge in [0, 0.05) is 12.6 Å². The molecule has 0 aromatic carbocycles. The van der Waals surface area contributed by atoms with Crippen molar-refractivity contribution in [3.8, 4) is 0 Å². The van der Waals surface area contributed by atoms with Gasteiger partial charge in [-0.25, -0.2) is 8.42 Å². The van der Waals surface area contributed by atoms with Crippen LogP contribution >= 0.6 is 0 Å². The Labute approximate surface area is 93.5 Å². The number of hydrogen-bond donors (Lipinski definition) is 1. The first-order valence-corrected chi connectivity index (χ1v) is 6.83. The molecule has 2 rings (SSSR count). The largest absolute Gasteiger partial charge is 0.407 e. The van der Waals surface area contributed by atoms with Crippen LogP contribution in [-0.2, 0) is 16.4 Å². The van der Waals surface area contributed by atoms with Crippen LogP contribution in [0.25, 0.3) is 0 Å². The number of anilines is 1. The van der Waals surface area contributed by atoms with Gasteiger partial charge in [-0.15, -0.1) is 5.10 Å². The fourth-order valence-electron chi connectivity index (χ4n) is 1.73. The van der Waals surface area contributed by atoms with Crippen LogP contribution in [0.15, 0.2) is 4.42 Å². The lowest BCUT2D eigenvalue weighted by Crippen LogP contribution is -2.47. The SMILES string of the molecule is CC1CS(=O)(=O)CCN1c1nnc(CN)o1. The molecule has 0 radical (unpaired) electrons. The maximum absolute atomic E-state index is 11.4. The molecule has 90 valence electrons. The van der Waals surface area contributed by atoms with Gasteiger partial charge in [-0.1, -0.05) is 5.10 Å². The van der Waals surface area contributed by atoms with E-state index in [4.69, 9.17) is 10.2 Å². The molecule has 2 heterocycles. The Bertz CT molecular complexity index is 469. The van der Waals surface area contributed by atoms with Crippen molar-refractivity contribution in [1.82, 2.24) is 10.2 Å².